The van der Waals surface area contributed by atoms with Crippen LogP contribution in [0.3, 0.4) is 0 Å². The van der Waals surface area contributed by atoms with Gasteiger partial charge in [0.05, 0.1) is 21.2 Å². The molecule has 174 valence electrons. The predicted octanol–water partition coefficient (Wildman–Crippen LogP) is 5.44. The van der Waals surface area contributed by atoms with E-state index in [0.29, 0.717) is 29.8 Å². The highest BCUT2D eigenvalue weighted by atomic mass is 32.1. The highest BCUT2D eigenvalue weighted by Gasteiger charge is 2.19. The maximum absolute atomic E-state index is 15.1. The molecule has 0 atom stereocenters. The van der Waals surface area contributed by atoms with Crippen molar-refractivity contribution in [2.24, 2.45) is 0 Å². The van der Waals surface area contributed by atoms with Crippen LogP contribution in [-0.4, -0.2) is 47.0 Å². The Balaban J connectivity index is 1.29. The number of fused-ring (bicyclic) bond motifs is 2. The minimum absolute atomic E-state index is 0.135. The number of hydrogen-bond acceptors (Lipinski definition) is 6. The number of hydrogen-bond donors (Lipinski definition) is 2. The number of nitrogens with zero attached hydrogens (tertiary/aromatic N) is 3. The molecule has 0 spiro atoms. The fourth-order valence-electron chi connectivity index (χ4n) is 4.45. The molecule has 3 heterocycles. The predicted molar refractivity (Wildman–Crippen MR) is 139 cm³/mol. The zero-order chi connectivity index (χ0) is 23.8. The van der Waals surface area contributed by atoms with E-state index in [2.05, 4.69) is 26.7 Å². The number of carbonyl (C=O) groups excluding carboxylic acids is 1. The highest BCUT2D eigenvalue weighted by Crippen LogP contribution is 2.32. The summed E-state index contributed by atoms with van der Waals surface area (Å²) in [6, 6.07) is 18.4. The van der Waals surface area contributed by atoms with Gasteiger partial charge in [-0.3, -0.25) is 9.78 Å². The first kappa shape index (κ1) is 21.6. The van der Waals surface area contributed by atoms with Crippen LogP contribution in [0.25, 0.3) is 32.2 Å². The van der Waals surface area contributed by atoms with Crippen LogP contribution in [0.1, 0.15) is 10.4 Å². The summed E-state index contributed by atoms with van der Waals surface area (Å²) in [6.45, 7) is 2.78. The molecule has 3 aromatic carbocycles. The maximum atomic E-state index is 15.1. The van der Waals surface area contributed by atoms with Crippen LogP contribution in [0.15, 0.2) is 72.4 Å². The summed E-state index contributed by atoms with van der Waals surface area (Å²) in [5.41, 5.74) is 6.92. The van der Waals surface area contributed by atoms with Crippen LogP contribution < -0.4 is 10.6 Å². The first-order valence-electron chi connectivity index (χ1n) is 11.4. The van der Waals surface area contributed by atoms with Crippen molar-refractivity contribution in [3.8, 4) is 11.1 Å². The molecule has 1 saturated heterocycles. The molecule has 8 heteroatoms. The maximum Gasteiger partial charge on any atom is 0.254 e. The molecule has 0 radical (unpaired) electrons. The summed E-state index contributed by atoms with van der Waals surface area (Å²) in [7, 11) is 0. The molecule has 5 aromatic rings. The van der Waals surface area contributed by atoms with Gasteiger partial charge in [0.2, 0.25) is 0 Å². The Labute approximate surface area is 205 Å². The Hall–Kier alpha value is -3.88. The summed E-state index contributed by atoms with van der Waals surface area (Å²) in [5, 5.41) is 7.61. The van der Waals surface area contributed by atoms with Gasteiger partial charge >= 0.3 is 0 Å². The van der Waals surface area contributed by atoms with Crippen molar-refractivity contribution in [3.05, 3.63) is 83.8 Å². The second-order valence-corrected chi connectivity index (χ2v) is 9.37. The topological polar surface area (TPSA) is 70.2 Å². The van der Waals surface area contributed by atoms with E-state index in [1.807, 2.05) is 41.9 Å². The van der Waals surface area contributed by atoms with Gasteiger partial charge in [-0.25, -0.2) is 9.37 Å². The van der Waals surface area contributed by atoms with E-state index in [4.69, 9.17) is 0 Å². The fraction of sp³-hybridized carbons (Fsp3) is 0.148. The summed E-state index contributed by atoms with van der Waals surface area (Å²) >= 11 is 1.61. The Kier molecular flexibility index (Phi) is 5.60. The average molecular weight is 484 g/mol. The molecule has 2 aromatic heterocycles. The average Bonchev–Trinajstić information content (AvgIpc) is 3.37. The molecule has 35 heavy (non-hydrogen) atoms. The van der Waals surface area contributed by atoms with Gasteiger partial charge in [-0.15, -0.1) is 11.3 Å². The standard InChI is InChI=1S/C27H22FN5OS/c28-22-13-18(27(34)33-11-9-29-10-12-33)2-4-20(22)17-1-5-21-23(7-8-30-24(21)14-17)32-19-3-6-26-25(15-19)31-16-35-26/h1-8,13-16,29H,9-12H2,(H,30,32). The quantitative estimate of drug-likeness (QED) is 0.356. The Bertz CT molecular complexity index is 1560. The van der Waals surface area contributed by atoms with E-state index in [9.17, 15) is 4.79 Å². The smallest absolute Gasteiger partial charge is 0.254 e. The van der Waals surface area contributed by atoms with E-state index >= 15 is 4.39 Å². The van der Waals surface area contributed by atoms with Crippen molar-refractivity contribution in [1.29, 1.82) is 0 Å². The third-order valence-corrected chi connectivity index (χ3v) is 7.09. The number of benzene rings is 3. The minimum atomic E-state index is -0.420. The lowest BCUT2D eigenvalue weighted by atomic mass is 10.0. The van der Waals surface area contributed by atoms with Crippen LogP contribution in [0.5, 0.6) is 0 Å². The van der Waals surface area contributed by atoms with Crippen LogP contribution in [0.4, 0.5) is 15.8 Å². The van der Waals surface area contributed by atoms with Gasteiger partial charge in [0.25, 0.3) is 5.91 Å². The number of piperazine rings is 1. The van der Waals surface area contributed by atoms with Crippen molar-refractivity contribution < 1.29 is 9.18 Å². The van der Waals surface area contributed by atoms with E-state index in [-0.39, 0.29) is 5.91 Å². The molecule has 1 aliphatic rings. The Morgan fingerprint density at radius 2 is 1.86 bits per heavy atom. The van der Waals surface area contributed by atoms with E-state index in [1.54, 1.807) is 34.6 Å². The molecule has 1 aliphatic heterocycles. The molecule has 0 saturated carbocycles. The molecule has 1 amide bonds. The summed E-state index contributed by atoms with van der Waals surface area (Å²) in [4.78, 5) is 23.4. The Morgan fingerprint density at radius 1 is 0.971 bits per heavy atom. The third kappa shape index (κ3) is 4.22. The number of amides is 1. The highest BCUT2D eigenvalue weighted by molar-refractivity contribution is 7.16. The SMILES string of the molecule is O=C(c1ccc(-c2ccc3c(Nc4ccc5scnc5c4)ccnc3c2)c(F)c1)N1CCNCC1. The number of pyridine rings is 1. The second-order valence-electron chi connectivity index (χ2n) is 8.49. The van der Waals surface area contributed by atoms with Gasteiger partial charge in [-0.1, -0.05) is 18.2 Å². The first-order valence-corrected chi connectivity index (χ1v) is 12.3. The number of thiazole rings is 1. The van der Waals surface area contributed by atoms with E-state index in [1.165, 1.54) is 6.07 Å². The molecular formula is C27H22FN5OS. The van der Waals surface area contributed by atoms with Crippen molar-refractivity contribution in [2.75, 3.05) is 31.5 Å². The lowest BCUT2D eigenvalue weighted by Gasteiger charge is -2.27. The molecule has 0 aliphatic carbocycles. The molecule has 2 N–H and O–H groups in total. The van der Waals surface area contributed by atoms with Crippen LogP contribution in [-0.2, 0) is 0 Å². The van der Waals surface area contributed by atoms with Gasteiger partial charge in [0.1, 0.15) is 5.82 Å². The minimum Gasteiger partial charge on any atom is -0.355 e. The van der Waals surface area contributed by atoms with E-state index in [0.717, 1.165) is 45.6 Å². The third-order valence-electron chi connectivity index (χ3n) is 6.28. The van der Waals surface area contributed by atoms with E-state index < -0.39 is 5.82 Å². The van der Waals surface area contributed by atoms with Gasteiger partial charge in [-0.2, -0.15) is 0 Å². The van der Waals surface area contributed by atoms with Crippen molar-refractivity contribution in [3.63, 3.8) is 0 Å². The summed E-state index contributed by atoms with van der Waals surface area (Å²) in [6.07, 6.45) is 1.74. The number of anilines is 2. The summed E-state index contributed by atoms with van der Waals surface area (Å²) in [5.74, 6) is -0.556. The lowest BCUT2D eigenvalue weighted by Crippen LogP contribution is -2.46. The molecule has 6 rings (SSSR count). The monoisotopic (exact) mass is 483 g/mol. The number of halogens is 1. The van der Waals surface area contributed by atoms with Crippen molar-refractivity contribution >= 4 is 49.7 Å². The number of nitrogens with one attached hydrogen (secondary N) is 2. The van der Waals surface area contributed by atoms with Crippen LogP contribution >= 0.6 is 11.3 Å². The van der Waals surface area contributed by atoms with Crippen molar-refractivity contribution in [2.45, 2.75) is 0 Å². The molecular weight excluding hydrogens is 461 g/mol. The number of carbonyl (C=O) groups is 1. The molecule has 0 unspecified atom stereocenters. The Morgan fingerprint density at radius 3 is 2.71 bits per heavy atom. The van der Waals surface area contributed by atoms with Crippen LogP contribution in [0.2, 0.25) is 0 Å². The zero-order valence-electron chi connectivity index (χ0n) is 18.8. The van der Waals surface area contributed by atoms with Gasteiger partial charge in [0, 0.05) is 60.3 Å². The zero-order valence-corrected chi connectivity index (χ0v) is 19.6. The number of rotatable bonds is 4. The number of aromatic nitrogens is 2. The fourth-order valence-corrected chi connectivity index (χ4v) is 5.11. The first-order chi connectivity index (χ1) is 17.2. The lowest BCUT2D eigenvalue weighted by molar-refractivity contribution is 0.0735. The summed E-state index contributed by atoms with van der Waals surface area (Å²) < 4.78 is 16.3. The normalized spacial score (nSPS) is 13.9. The largest absolute Gasteiger partial charge is 0.355 e. The second kappa shape index (κ2) is 9.05. The van der Waals surface area contributed by atoms with Gasteiger partial charge in [-0.05, 0) is 48.0 Å². The van der Waals surface area contributed by atoms with Gasteiger partial charge < -0.3 is 15.5 Å². The van der Waals surface area contributed by atoms with Gasteiger partial charge in [0.15, 0.2) is 0 Å². The van der Waals surface area contributed by atoms with Crippen LogP contribution in [0, 0.1) is 5.82 Å². The molecule has 1 fully saturated rings. The molecule has 0 bridgehead atoms. The molecule has 6 nitrogen and oxygen atoms in total. The van der Waals surface area contributed by atoms with Crippen molar-refractivity contribution in [1.82, 2.24) is 20.2 Å².